The SMILES string of the molecule is CCC1COCN(C)O1. The number of ether oxygens (including phenoxy) is 1. The summed E-state index contributed by atoms with van der Waals surface area (Å²) in [4.78, 5) is 5.34. The minimum atomic E-state index is 0.267. The van der Waals surface area contributed by atoms with Gasteiger partial charge in [-0.25, -0.2) is 0 Å². The van der Waals surface area contributed by atoms with Crippen LogP contribution in [0.3, 0.4) is 0 Å². The third kappa shape index (κ3) is 1.93. The number of nitrogens with zero attached hydrogens (tertiary/aromatic N) is 1. The average Bonchev–Trinajstić information content (AvgIpc) is 1.88. The summed E-state index contributed by atoms with van der Waals surface area (Å²) in [6.45, 7) is 3.42. The molecule has 1 aliphatic heterocycles. The molecule has 0 aromatic carbocycles. The molecule has 1 rings (SSSR count). The van der Waals surface area contributed by atoms with E-state index in [1.807, 2.05) is 7.05 Å². The summed E-state index contributed by atoms with van der Waals surface area (Å²) in [7, 11) is 1.88. The van der Waals surface area contributed by atoms with Crippen molar-refractivity contribution in [2.45, 2.75) is 19.4 Å². The van der Waals surface area contributed by atoms with Gasteiger partial charge in [-0.1, -0.05) is 6.92 Å². The number of hydrogen-bond donors (Lipinski definition) is 0. The quantitative estimate of drug-likeness (QED) is 0.520. The van der Waals surface area contributed by atoms with Gasteiger partial charge in [-0.15, -0.1) is 0 Å². The van der Waals surface area contributed by atoms with Gasteiger partial charge < -0.3 is 4.74 Å². The minimum Gasteiger partial charge on any atom is -0.361 e. The van der Waals surface area contributed by atoms with Crippen LogP contribution in [0.4, 0.5) is 0 Å². The summed E-state index contributed by atoms with van der Waals surface area (Å²) in [6, 6.07) is 0. The molecule has 1 saturated heterocycles. The molecule has 0 bridgehead atoms. The summed E-state index contributed by atoms with van der Waals surface area (Å²) < 4.78 is 5.19. The van der Waals surface area contributed by atoms with E-state index < -0.39 is 0 Å². The average molecular weight is 131 g/mol. The van der Waals surface area contributed by atoms with E-state index in [0.29, 0.717) is 6.73 Å². The van der Waals surface area contributed by atoms with Gasteiger partial charge in [-0.3, -0.25) is 4.84 Å². The smallest absolute Gasteiger partial charge is 0.122 e. The van der Waals surface area contributed by atoms with Crippen molar-refractivity contribution in [3.63, 3.8) is 0 Å². The molecule has 0 aromatic heterocycles. The molecule has 1 aliphatic rings. The first-order valence-corrected chi connectivity index (χ1v) is 3.28. The Hall–Kier alpha value is -0.120. The lowest BCUT2D eigenvalue weighted by atomic mass is 10.3. The lowest BCUT2D eigenvalue weighted by molar-refractivity contribution is -0.278. The largest absolute Gasteiger partial charge is 0.361 e. The Kier molecular flexibility index (Phi) is 2.45. The molecule has 3 nitrogen and oxygen atoms in total. The van der Waals surface area contributed by atoms with Gasteiger partial charge >= 0.3 is 0 Å². The molecular weight excluding hydrogens is 118 g/mol. The van der Waals surface area contributed by atoms with Gasteiger partial charge in [0.15, 0.2) is 0 Å². The second-order valence-corrected chi connectivity index (χ2v) is 2.26. The van der Waals surface area contributed by atoms with E-state index in [2.05, 4.69) is 6.92 Å². The molecular formula is C6H13NO2. The van der Waals surface area contributed by atoms with Crippen molar-refractivity contribution in [3.8, 4) is 0 Å². The summed E-state index contributed by atoms with van der Waals surface area (Å²) in [5.41, 5.74) is 0. The topological polar surface area (TPSA) is 21.7 Å². The Labute approximate surface area is 55.5 Å². The van der Waals surface area contributed by atoms with Crippen molar-refractivity contribution in [1.29, 1.82) is 0 Å². The van der Waals surface area contributed by atoms with E-state index in [9.17, 15) is 0 Å². The van der Waals surface area contributed by atoms with Crippen molar-refractivity contribution in [2.24, 2.45) is 0 Å². The Balaban J connectivity index is 2.23. The highest BCUT2D eigenvalue weighted by atomic mass is 16.7. The van der Waals surface area contributed by atoms with Crippen LogP contribution in [0, 0.1) is 0 Å². The van der Waals surface area contributed by atoms with E-state index in [-0.39, 0.29) is 6.10 Å². The molecule has 0 saturated carbocycles. The first-order chi connectivity index (χ1) is 4.33. The first-order valence-electron chi connectivity index (χ1n) is 3.28. The third-order valence-corrected chi connectivity index (χ3v) is 1.36. The van der Waals surface area contributed by atoms with Crippen molar-refractivity contribution in [3.05, 3.63) is 0 Å². The van der Waals surface area contributed by atoms with Crippen molar-refractivity contribution >= 4 is 0 Å². The molecule has 1 unspecified atom stereocenters. The third-order valence-electron chi connectivity index (χ3n) is 1.36. The highest BCUT2D eigenvalue weighted by Gasteiger charge is 2.15. The molecule has 0 radical (unpaired) electrons. The highest BCUT2D eigenvalue weighted by molar-refractivity contribution is 4.54. The van der Waals surface area contributed by atoms with Crippen LogP contribution in [0.5, 0.6) is 0 Å². The number of hydrogen-bond acceptors (Lipinski definition) is 3. The maximum absolute atomic E-state index is 5.34. The van der Waals surface area contributed by atoms with E-state index in [1.54, 1.807) is 5.06 Å². The van der Waals surface area contributed by atoms with Crippen LogP contribution in [-0.4, -0.2) is 31.6 Å². The second-order valence-electron chi connectivity index (χ2n) is 2.26. The Morgan fingerprint density at radius 3 is 2.89 bits per heavy atom. The van der Waals surface area contributed by atoms with Gasteiger partial charge in [0.2, 0.25) is 0 Å². The summed E-state index contributed by atoms with van der Waals surface area (Å²) in [6.07, 6.45) is 1.29. The van der Waals surface area contributed by atoms with Gasteiger partial charge in [0, 0.05) is 7.05 Å². The summed E-state index contributed by atoms with van der Waals surface area (Å²) in [5, 5.41) is 1.72. The molecule has 1 heterocycles. The molecule has 0 amide bonds. The van der Waals surface area contributed by atoms with Crippen LogP contribution >= 0.6 is 0 Å². The zero-order valence-electron chi connectivity index (χ0n) is 5.96. The highest BCUT2D eigenvalue weighted by Crippen LogP contribution is 2.06. The molecule has 0 spiro atoms. The predicted octanol–water partition coefficient (Wildman–Crippen LogP) is 0.616. The van der Waals surface area contributed by atoms with Gasteiger partial charge in [-0.2, -0.15) is 5.06 Å². The van der Waals surface area contributed by atoms with E-state index >= 15 is 0 Å². The first kappa shape index (κ1) is 6.99. The Morgan fingerprint density at radius 2 is 2.44 bits per heavy atom. The Morgan fingerprint density at radius 1 is 1.67 bits per heavy atom. The molecule has 54 valence electrons. The van der Waals surface area contributed by atoms with Crippen molar-refractivity contribution in [1.82, 2.24) is 5.06 Å². The molecule has 1 fully saturated rings. The van der Waals surface area contributed by atoms with Crippen molar-refractivity contribution < 1.29 is 9.57 Å². The maximum atomic E-state index is 5.34. The molecule has 9 heavy (non-hydrogen) atoms. The molecule has 0 N–H and O–H groups in total. The van der Waals surface area contributed by atoms with Crippen molar-refractivity contribution in [2.75, 3.05) is 20.4 Å². The van der Waals surface area contributed by atoms with Gasteiger partial charge in [-0.05, 0) is 6.42 Å². The molecule has 0 aromatic rings. The minimum absolute atomic E-state index is 0.267. The fraction of sp³-hybridized carbons (Fsp3) is 1.00. The van der Waals surface area contributed by atoms with E-state index in [0.717, 1.165) is 13.0 Å². The Bertz CT molecular complexity index is 87.1. The molecule has 1 atom stereocenters. The van der Waals surface area contributed by atoms with E-state index in [4.69, 9.17) is 9.57 Å². The zero-order chi connectivity index (χ0) is 6.69. The standard InChI is InChI=1S/C6H13NO2/c1-3-6-4-8-5-7(2)9-6/h6H,3-5H2,1-2H3. The second kappa shape index (κ2) is 3.15. The maximum Gasteiger partial charge on any atom is 0.122 e. The van der Waals surface area contributed by atoms with Gasteiger partial charge in [0.05, 0.1) is 6.61 Å². The van der Waals surface area contributed by atoms with Gasteiger partial charge in [0.25, 0.3) is 0 Å². The lowest BCUT2D eigenvalue weighted by Gasteiger charge is -2.28. The summed E-state index contributed by atoms with van der Waals surface area (Å²) >= 11 is 0. The molecule has 3 heteroatoms. The van der Waals surface area contributed by atoms with Crippen LogP contribution in [0.25, 0.3) is 0 Å². The fourth-order valence-corrected chi connectivity index (χ4v) is 0.820. The number of rotatable bonds is 1. The number of hydroxylamine groups is 2. The van der Waals surface area contributed by atoms with Crippen LogP contribution < -0.4 is 0 Å². The predicted molar refractivity (Wildman–Crippen MR) is 33.7 cm³/mol. The lowest BCUT2D eigenvalue weighted by Crippen LogP contribution is -2.37. The fourth-order valence-electron chi connectivity index (χ4n) is 0.820. The van der Waals surface area contributed by atoms with Crippen LogP contribution in [0.2, 0.25) is 0 Å². The van der Waals surface area contributed by atoms with Crippen LogP contribution in [0.15, 0.2) is 0 Å². The monoisotopic (exact) mass is 131 g/mol. The zero-order valence-corrected chi connectivity index (χ0v) is 5.96. The van der Waals surface area contributed by atoms with Crippen LogP contribution in [-0.2, 0) is 9.57 Å². The molecule has 0 aliphatic carbocycles. The van der Waals surface area contributed by atoms with E-state index in [1.165, 1.54) is 0 Å². The van der Waals surface area contributed by atoms with Crippen LogP contribution in [0.1, 0.15) is 13.3 Å². The van der Waals surface area contributed by atoms with Gasteiger partial charge in [0.1, 0.15) is 12.8 Å². The normalized spacial score (nSPS) is 30.7. The summed E-state index contributed by atoms with van der Waals surface area (Å²) in [5.74, 6) is 0.